The molecule has 6 heteroatoms. The van der Waals surface area contributed by atoms with E-state index in [-0.39, 0.29) is 17.6 Å². The molecule has 0 aromatic heterocycles. The second-order valence-electron chi connectivity index (χ2n) is 7.32. The van der Waals surface area contributed by atoms with Gasteiger partial charge in [-0.15, -0.1) is 0 Å². The lowest BCUT2D eigenvalue weighted by molar-refractivity contribution is -0.142. The molecule has 6 nitrogen and oxygen atoms in total. The van der Waals surface area contributed by atoms with E-state index in [0.29, 0.717) is 29.7 Å². The number of methoxy groups -OCH3 is 1. The van der Waals surface area contributed by atoms with E-state index in [1.54, 1.807) is 18.2 Å². The van der Waals surface area contributed by atoms with E-state index < -0.39 is 17.9 Å². The van der Waals surface area contributed by atoms with Gasteiger partial charge in [-0.3, -0.25) is 9.59 Å². The maximum Gasteiger partial charge on any atom is 0.326 e. The van der Waals surface area contributed by atoms with E-state index in [1.165, 1.54) is 14.0 Å². The minimum atomic E-state index is -1.05. The number of ether oxygens (including phenoxy) is 1. The second kappa shape index (κ2) is 8.65. The minimum absolute atomic E-state index is 0.0164. The summed E-state index contributed by atoms with van der Waals surface area (Å²) in [5.74, 6) is -1.10. The van der Waals surface area contributed by atoms with Gasteiger partial charge in [0.25, 0.3) is 0 Å². The highest BCUT2D eigenvalue weighted by molar-refractivity contribution is 5.95. The Hall–Kier alpha value is -2.37. The molecule has 1 aromatic rings. The number of carbonyl (C=O) groups is 3. The molecule has 1 rings (SSSR count). The molecule has 0 fully saturated rings. The number of Topliss-reactive ketones (excluding diaryl/α,β-unsaturated/α-hetero) is 1. The maximum absolute atomic E-state index is 12.3. The molecule has 0 saturated carbocycles. The number of carboxylic acids is 1. The fourth-order valence-electron chi connectivity index (χ4n) is 2.39. The summed E-state index contributed by atoms with van der Waals surface area (Å²) in [5.41, 5.74) is 1.01. The SMILES string of the molecule is COc1ccc(C(C)=O)cc1CC(=O)NC(CCC(C)(C)C)C(=O)O. The summed E-state index contributed by atoms with van der Waals surface area (Å²) in [4.78, 5) is 35.2. The van der Waals surface area contributed by atoms with Crippen LogP contribution in [-0.2, 0) is 16.0 Å². The van der Waals surface area contributed by atoms with E-state index in [4.69, 9.17) is 4.74 Å². The number of hydrogen-bond donors (Lipinski definition) is 2. The summed E-state index contributed by atoms with van der Waals surface area (Å²) in [7, 11) is 1.48. The van der Waals surface area contributed by atoms with Crippen molar-refractivity contribution in [1.82, 2.24) is 5.32 Å². The zero-order chi connectivity index (χ0) is 19.2. The molecule has 25 heavy (non-hydrogen) atoms. The van der Waals surface area contributed by atoms with Crippen LogP contribution in [0.4, 0.5) is 0 Å². The van der Waals surface area contributed by atoms with E-state index in [1.807, 2.05) is 20.8 Å². The minimum Gasteiger partial charge on any atom is -0.496 e. The van der Waals surface area contributed by atoms with Crippen molar-refractivity contribution in [2.24, 2.45) is 5.41 Å². The van der Waals surface area contributed by atoms with Crippen LogP contribution in [0.3, 0.4) is 0 Å². The summed E-state index contributed by atoms with van der Waals surface area (Å²) in [6.07, 6.45) is 0.978. The van der Waals surface area contributed by atoms with Gasteiger partial charge in [0.15, 0.2) is 5.78 Å². The van der Waals surface area contributed by atoms with Gasteiger partial charge in [0.1, 0.15) is 11.8 Å². The monoisotopic (exact) mass is 349 g/mol. The Morgan fingerprint density at radius 1 is 1.24 bits per heavy atom. The number of carbonyl (C=O) groups excluding carboxylic acids is 2. The quantitative estimate of drug-likeness (QED) is 0.704. The van der Waals surface area contributed by atoms with Crippen molar-refractivity contribution < 1.29 is 24.2 Å². The predicted octanol–water partition coefficient (Wildman–Crippen LogP) is 2.84. The molecule has 0 aliphatic carbocycles. The van der Waals surface area contributed by atoms with Gasteiger partial charge in [-0.25, -0.2) is 4.79 Å². The molecule has 2 N–H and O–H groups in total. The lowest BCUT2D eigenvalue weighted by atomic mass is 9.88. The van der Waals surface area contributed by atoms with Crippen molar-refractivity contribution >= 4 is 17.7 Å². The molecule has 0 heterocycles. The van der Waals surface area contributed by atoms with E-state index in [2.05, 4.69) is 5.32 Å². The van der Waals surface area contributed by atoms with Crippen LogP contribution >= 0.6 is 0 Å². The van der Waals surface area contributed by atoms with Gasteiger partial charge in [0.05, 0.1) is 13.5 Å². The normalized spacial score (nSPS) is 12.4. The number of benzene rings is 1. The van der Waals surface area contributed by atoms with Crippen LogP contribution in [0.15, 0.2) is 18.2 Å². The highest BCUT2D eigenvalue weighted by Gasteiger charge is 2.23. The van der Waals surface area contributed by atoms with E-state index >= 15 is 0 Å². The predicted molar refractivity (Wildman–Crippen MR) is 95.0 cm³/mol. The van der Waals surface area contributed by atoms with Crippen molar-refractivity contribution in [3.05, 3.63) is 29.3 Å². The van der Waals surface area contributed by atoms with Crippen molar-refractivity contribution in [2.45, 2.75) is 53.0 Å². The number of aliphatic carboxylic acids is 1. The zero-order valence-corrected chi connectivity index (χ0v) is 15.5. The molecule has 1 atom stereocenters. The van der Waals surface area contributed by atoms with Crippen LogP contribution in [0.25, 0.3) is 0 Å². The molecule has 0 aliphatic heterocycles. The molecule has 0 spiro atoms. The van der Waals surface area contributed by atoms with Crippen molar-refractivity contribution in [1.29, 1.82) is 0 Å². The lowest BCUT2D eigenvalue weighted by Gasteiger charge is -2.21. The van der Waals surface area contributed by atoms with Crippen LogP contribution in [0.5, 0.6) is 5.75 Å². The Balaban J connectivity index is 2.84. The summed E-state index contributed by atoms with van der Waals surface area (Å²) in [6, 6.07) is 3.93. The molecule has 138 valence electrons. The molecule has 0 bridgehead atoms. The third-order valence-electron chi connectivity index (χ3n) is 3.85. The van der Waals surface area contributed by atoms with Gasteiger partial charge in [0.2, 0.25) is 5.91 Å². The number of ketones is 1. The Morgan fingerprint density at radius 3 is 2.36 bits per heavy atom. The standard InChI is InChI=1S/C19H27NO5/c1-12(21)13-6-7-16(25-5)14(10-13)11-17(22)20-15(18(23)24)8-9-19(2,3)4/h6-7,10,15H,8-9,11H2,1-5H3,(H,20,22)(H,23,24). The molecule has 0 aliphatic rings. The fraction of sp³-hybridized carbons (Fsp3) is 0.526. The first kappa shape index (κ1) is 20.7. The van der Waals surface area contributed by atoms with Gasteiger partial charge in [-0.1, -0.05) is 20.8 Å². The van der Waals surface area contributed by atoms with Crippen LogP contribution < -0.4 is 10.1 Å². The number of nitrogens with one attached hydrogen (secondary N) is 1. The fourth-order valence-corrected chi connectivity index (χ4v) is 2.39. The number of carboxylic acid groups (broad SMARTS) is 1. The molecule has 1 amide bonds. The Labute approximate surface area is 148 Å². The summed E-state index contributed by atoms with van der Waals surface area (Å²) >= 11 is 0. The first-order chi connectivity index (χ1) is 11.5. The second-order valence-corrected chi connectivity index (χ2v) is 7.32. The topological polar surface area (TPSA) is 92.7 Å². The van der Waals surface area contributed by atoms with Gasteiger partial charge >= 0.3 is 5.97 Å². The van der Waals surface area contributed by atoms with Crippen molar-refractivity contribution in [2.75, 3.05) is 7.11 Å². The van der Waals surface area contributed by atoms with Gasteiger partial charge < -0.3 is 15.2 Å². The summed E-state index contributed by atoms with van der Waals surface area (Å²) in [5, 5.41) is 11.9. The van der Waals surface area contributed by atoms with E-state index in [0.717, 1.165) is 0 Å². The lowest BCUT2D eigenvalue weighted by Crippen LogP contribution is -2.42. The Kier molecular flexibility index (Phi) is 7.15. The smallest absolute Gasteiger partial charge is 0.326 e. The third-order valence-corrected chi connectivity index (χ3v) is 3.85. The van der Waals surface area contributed by atoms with Crippen LogP contribution in [0, 0.1) is 5.41 Å². The van der Waals surface area contributed by atoms with Crippen LogP contribution in [0.1, 0.15) is 56.5 Å². The van der Waals surface area contributed by atoms with Crippen LogP contribution in [-0.4, -0.2) is 35.9 Å². The van der Waals surface area contributed by atoms with Crippen molar-refractivity contribution in [3.63, 3.8) is 0 Å². The average molecular weight is 349 g/mol. The molecule has 0 radical (unpaired) electrons. The first-order valence-corrected chi connectivity index (χ1v) is 8.23. The molecule has 1 unspecified atom stereocenters. The molecule has 1 aromatic carbocycles. The third kappa shape index (κ3) is 6.95. The molecular formula is C19H27NO5. The first-order valence-electron chi connectivity index (χ1n) is 8.23. The highest BCUT2D eigenvalue weighted by Crippen LogP contribution is 2.23. The summed E-state index contributed by atoms with van der Waals surface area (Å²) < 4.78 is 5.22. The average Bonchev–Trinajstić information content (AvgIpc) is 2.50. The van der Waals surface area contributed by atoms with Gasteiger partial charge in [0, 0.05) is 11.1 Å². The Bertz CT molecular complexity index is 646. The maximum atomic E-state index is 12.3. The highest BCUT2D eigenvalue weighted by atomic mass is 16.5. The largest absolute Gasteiger partial charge is 0.496 e. The molecular weight excluding hydrogens is 322 g/mol. The number of hydrogen-bond acceptors (Lipinski definition) is 4. The summed E-state index contributed by atoms with van der Waals surface area (Å²) in [6.45, 7) is 7.50. The van der Waals surface area contributed by atoms with E-state index in [9.17, 15) is 19.5 Å². The molecule has 0 saturated heterocycles. The van der Waals surface area contributed by atoms with Crippen LogP contribution in [0.2, 0.25) is 0 Å². The van der Waals surface area contributed by atoms with Gasteiger partial charge in [-0.2, -0.15) is 0 Å². The Morgan fingerprint density at radius 2 is 1.88 bits per heavy atom. The van der Waals surface area contributed by atoms with Gasteiger partial charge in [-0.05, 0) is 43.4 Å². The van der Waals surface area contributed by atoms with Crippen molar-refractivity contribution in [3.8, 4) is 5.75 Å². The zero-order valence-electron chi connectivity index (χ0n) is 15.5. The number of rotatable bonds is 8. The number of amides is 1.